The molecule has 1 unspecified atom stereocenters. The number of hydrogen-bond donors (Lipinski definition) is 0. The van der Waals surface area contributed by atoms with Crippen molar-refractivity contribution in [3.63, 3.8) is 0 Å². The molecule has 4 heteroatoms. The molecule has 0 radical (unpaired) electrons. The van der Waals surface area contributed by atoms with Crippen molar-refractivity contribution in [3.8, 4) is 11.8 Å². The minimum Gasteiger partial charge on any atom is -0.369 e. The lowest BCUT2D eigenvalue weighted by molar-refractivity contribution is 0.163. The molecular weight excluding hydrogens is 254 g/mol. The molecule has 1 saturated heterocycles. The van der Waals surface area contributed by atoms with Gasteiger partial charge in [0.15, 0.2) is 0 Å². The van der Waals surface area contributed by atoms with Crippen LogP contribution < -0.4 is 0 Å². The second kappa shape index (κ2) is 5.12. The van der Waals surface area contributed by atoms with E-state index in [9.17, 15) is 0 Å². The van der Waals surface area contributed by atoms with Gasteiger partial charge in [-0.1, -0.05) is 38.0 Å². The number of nitrogens with zero attached hydrogens (tertiary/aromatic N) is 1. The maximum Gasteiger partial charge on any atom is 0.116 e. The zero-order valence-corrected chi connectivity index (χ0v) is 15.3. The molecule has 18 heavy (non-hydrogen) atoms. The van der Waals surface area contributed by atoms with Gasteiger partial charge in [-0.05, 0) is 32.9 Å². The predicted octanol–water partition coefficient (Wildman–Crippen LogP) is 3.53. The normalized spacial score (nSPS) is 24.4. The van der Waals surface area contributed by atoms with Crippen LogP contribution in [-0.2, 0) is 4.74 Å². The van der Waals surface area contributed by atoms with Crippen molar-refractivity contribution >= 4 is 16.5 Å². The van der Waals surface area contributed by atoms with Gasteiger partial charge in [-0.15, -0.1) is 0 Å². The lowest BCUT2D eigenvalue weighted by atomic mass is 10.1. The van der Waals surface area contributed by atoms with Gasteiger partial charge in [-0.2, -0.15) is 0 Å². The Morgan fingerprint density at radius 3 is 1.94 bits per heavy atom. The summed E-state index contributed by atoms with van der Waals surface area (Å²) in [5.41, 5.74) is -0.00522. The molecule has 1 aliphatic rings. The van der Waals surface area contributed by atoms with Crippen LogP contribution >= 0.6 is 0 Å². The lowest BCUT2D eigenvalue weighted by Gasteiger charge is -2.47. The van der Waals surface area contributed by atoms with E-state index in [-0.39, 0.29) is 11.6 Å². The summed E-state index contributed by atoms with van der Waals surface area (Å²) in [7, 11) is -0.820. The number of rotatable bonds is 2. The highest BCUT2D eigenvalue weighted by Gasteiger charge is 2.52. The molecule has 1 fully saturated rings. The molecule has 0 aromatic carbocycles. The zero-order chi connectivity index (χ0) is 14.2. The minimum atomic E-state index is -1.27. The van der Waals surface area contributed by atoms with Gasteiger partial charge in [0.25, 0.3) is 0 Å². The standard InChI is InChI=1S/C14H29NOSi2/c1-13(16-4)9-10-14(2,3)15-17(5,6)11-12-18(15,7)8/h13H,11-12H2,1-8H3. The van der Waals surface area contributed by atoms with E-state index in [1.807, 2.05) is 6.92 Å². The molecule has 1 rings (SSSR count). The quantitative estimate of drug-likeness (QED) is 0.568. The maximum atomic E-state index is 5.24. The van der Waals surface area contributed by atoms with Gasteiger partial charge >= 0.3 is 0 Å². The van der Waals surface area contributed by atoms with E-state index in [2.05, 4.69) is 56.1 Å². The molecule has 0 N–H and O–H groups in total. The monoisotopic (exact) mass is 283 g/mol. The lowest BCUT2D eigenvalue weighted by Crippen LogP contribution is -2.63. The molecule has 1 aliphatic heterocycles. The van der Waals surface area contributed by atoms with Gasteiger partial charge in [-0.3, -0.25) is 0 Å². The first kappa shape index (κ1) is 16.0. The van der Waals surface area contributed by atoms with Crippen LogP contribution in [0.25, 0.3) is 0 Å². The third-order valence-electron chi connectivity index (χ3n) is 4.05. The molecule has 0 saturated carbocycles. The van der Waals surface area contributed by atoms with Gasteiger partial charge in [0.2, 0.25) is 0 Å². The van der Waals surface area contributed by atoms with Crippen molar-refractivity contribution < 1.29 is 4.74 Å². The van der Waals surface area contributed by atoms with Crippen LogP contribution in [0.3, 0.4) is 0 Å². The van der Waals surface area contributed by atoms with Crippen LogP contribution in [0.15, 0.2) is 0 Å². The Bertz CT molecular complexity index is 350. The Morgan fingerprint density at radius 2 is 1.56 bits per heavy atom. The van der Waals surface area contributed by atoms with Crippen molar-refractivity contribution in [3.05, 3.63) is 0 Å². The van der Waals surface area contributed by atoms with Gasteiger partial charge in [0.1, 0.15) is 22.6 Å². The molecule has 0 aliphatic carbocycles. The van der Waals surface area contributed by atoms with Crippen molar-refractivity contribution in [2.75, 3.05) is 7.11 Å². The Labute approximate surface area is 115 Å². The third kappa shape index (κ3) is 3.27. The first-order valence-electron chi connectivity index (χ1n) is 6.89. The van der Waals surface area contributed by atoms with Crippen molar-refractivity contribution in [2.45, 2.75) is 70.7 Å². The van der Waals surface area contributed by atoms with Crippen LogP contribution in [0.4, 0.5) is 0 Å². The second-order valence-corrected chi connectivity index (χ2v) is 16.8. The summed E-state index contributed by atoms with van der Waals surface area (Å²) in [5, 5.41) is 0. The largest absolute Gasteiger partial charge is 0.369 e. The molecule has 0 aromatic rings. The molecule has 0 spiro atoms. The molecule has 0 bridgehead atoms. The van der Waals surface area contributed by atoms with E-state index in [1.165, 1.54) is 12.1 Å². The SMILES string of the molecule is COC(C)C#CC(C)(C)N1[Si](C)(C)CC[Si]1(C)C. The number of methoxy groups -OCH3 is 1. The molecular formula is C14H29NOSi2. The summed E-state index contributed by atoms with van der Waals surface area (Å²) in [4.78, 5) is 0. The molecule has 104 valence electrons. The highest BCUT2D eigenvalue weighted by atomic mass is 28.4. The fraction of sp³-hybridized carbons (Fsp3) is 0.857. The van der Waals surface area contributed by atoms with Crippen LogP contribution in [0.2, 0.25) is 38.3 Å². The number of ether oxygens (including phenoxy) is 1. The molecule has 1 atom stereocenters. The van der Waals surface area contributed by atoms with E-state index in [0.717, 1.165) is 0 Å². The van der Waals surface area contributed by atoms with Gasteiger partial charge in [0.05, 0.1) is 5.54 Å². The first-order chi connectivity index (χ1) is 8.03. The fourth-order valence-corrected chi connectivity index (χ4v) is 19.3. The smallest absolute Gasteiger partial charge is 0.116 e. The van der Waals surface area contributed by atoms with Crippen molar-refractivity contribution in [2.24, 2.45) is 0 Å². The maximum absolute atomic E-state index is 5.24. The average Bonchev–Trinajstić information content (AvgIpc) is 2.44. The van der Waals surface area contributed by atoms with Crippen molar-refractivity contribution in [1.29, 1.82) is 0 Å². The molecule has 1 heterocycles. The van der Waals surface area contributed by atoms with E-state index >= 15 is 0 Å². The van der Waals surface area contributed by atoms with E-state index in [1.54, 1.807) is 7.11 Å². The summed E-state index contributed by atoms with van der Waals surface area (Å²) >= 11 is 0. The van der Waals surface area contributed by atoms with Gasteiger partial charge in [-0.25, -0.2) is 0 Å². The van der Waals surface area contributed by atoms with E-state index < -0.39 is 16.5 Å². The van der Waals surface area contributed by atoms with Gasteiger partial charge < -0.3 is 8.97 Å². The topological polar surface area (TPSA) is 12.5 Å². The molecule has 2 nitrogen and oxygen atoms in total. The minimum absolute atomic E-state index is 0.00522. The van der Waals surface area contributed by atoms with E-state index in [4.69, 9.17) is 4.74 Å². The summed E-state index contributed by atoms with van der Waals surface area (Å²) in [5.74, 6) is 6.74. The highest BCUT2D eigenvalue weighted by molar-refractivity contribution is 6.95. The van der Waals surface area contributed by atoms with Crippen LogP contribution in [0.1, 0.15) is 20.8 Å². The first-order valence-corrected chi connectivity index (χ1v) is 13.2. The zero-order valence-electron chi connectivity index (χ0n) is 13.3. The Morgan fingerprint density at radius 1 is 1.11 bits per heavy atom. The predicted molar refractivity (Wildman–Crippen MR) is 84.7 cm³/mol. The number of hydrogen-bond acceptors (Lipinski definition) is 2. The second-order valence-electron chi connectivity index (χ2n) is 7.17. The van der Waals surface area contributed by atoms with E-state index in [0.29, 0.717) is 0 Å². The Balaban J connectivity index is 3.05. The summed E-state index contributed by atoms with van der Waals surface area (Å²) in [6.45, 7) is 16.6. The van der Waals surface area contributed by atoms with Crippen LogP contribution in [0, 0.1) is 11.8 Å². The molecule has 0 amide bonds. The Hall–Kier alpha value is -0.0862. The highest BCUT2D eigenvalue weighted by Crippen LogP contribution is 2.41. The summed E-state index contributed by atoms with van der Waals surface area (Å²) < 4.78 is 8.09. The van der Waals surface area contributed by atoms with Gasteiger partial charge in [0, 0.05) is 7.11 Å². The fourth-order valence-electron chi connectivity index (χ4n) is 3.56. The third-order valence-corrected chi connectivity index (χ3v) is 14.7. The van der Waals surface area contributed by atoms with Crippen LogP contribution in [-0.4, -0.2) is 39.5 Å². The summed E-state index contributed by atoms with van der Waals surface area (Å²) in [6, 6.07) is 2.86. The van der Waals surface area contributed by atoms with Crippen molar-refractivity contribution in [1.82, 2.24) is 4.23 Å². The molecule has 0 aromatic heterocycles. The summed E-state index contributed by atoms with van der Waals surface area (Å²) in [6.07, 6.45) is 0.0291. The van der Waals surface area contributed by atoms with Crippen LogP contribution in [0.5, 0.6) is 0 Å². The average molecular weight is 284 g/mol. The Kier molecular flexibility index (Phi) is 4.55.